The summed E-state index contributed by atoms with van der Waals surface area (Å²) < 4.78 is 0. The van der Waals surface area contributed by atoms with Crippen molar-refractivity contribution >= 4 is 23.2 Å². The number of phenolic OH excluding ortho intramolecular Hbond substituents is 1. The van der Waals surface area contributed by atoms with Gasteiger partial charge < -0.3 is 10.4 Å². The second-order valence-corrected chi connectivity index (χ2v) is 7.06. The average molecular weight is 379 g/mol. The van der Waals surface area contributed by atoms with Gasteiger partial charge in [0, 0.05) is 22.7 Å². The Hall–Kier alpha value is -3.15. The first-order valence-corrected chi connectivity index (χ1v) is 9.58. The molecule has 6 nitrogen and oxygen atoms in total. The van der Waals surface area contributed by atoms with Crippen LogP contribution in [-0.4, -0.2) is 22.6 Å². The van der Waals surface area contributed by atoms with Gasteiger partial charge in [0.15, 0.2) is 0 Å². The zero-order valence-electron chi connectivity index (χ0n) is 15.9. The van der Waals surface area contributed by atoms with E-state index in [0.29, 0.717) is 22.5 Å². The number of hydrogen-bond acceptors (Lipinski definition) is 4. The fourth-order valence-electron chi connectivity index (χ4n) is 3.35. The molecule has 3 rings (SSSR count). The molecule has 1 fully saturated rings. The first kappa shape index (κ1) is 19.6. The van der Waals surface area contributed by atoms with Crippen molar-refractivity contribution in [3.05, 3.63) is 59.7 Å². The highest BCUT2D eigenvalue weighted by Gasteiger charge is 2.21. The summed E-state index contributed by atoms with van der Waals surface area (Å²) in [6.07, 6.45) is 5.32. The van der Waals surface area contributed by atoms with Crippen molar-refractivity contribution in [2.75, 3.05) is 5.32 Å². The van der Waals surface area contributed by atoms with E-state index in [0.717, 1.165) is 25.7 Å². The minimum absolute atomic E-state index is 0.0554. The fourth-order valence-corrected chi connectivity index (χ4v) is 3.35. The Morgan fingerprint density at radius 3 is 2.36 bits per heavy atom. The molecular weight excluding hydrogens is 354 g/mol. The largest absolute Gasteiger partial charge is 0.507 e. The standard InChI is InChI=1S/C22H25N3O3/c1-15(19-9-5-6-10-20(19)26)24-25-22(28)17-11-13-18(14-12-17)23-21(27)16-7-3-2-4-8-16/h5-6,9-14,16,26H,2-4,7-8H2,1H3,(H,23,27)(H,25,28)/b24-15+. The van der Waals surface area contributed by atoms with E-state index in [1.807, 2.05) is 0 Å². The van der Waals surface area contributed by atoms with Gasteiger partial charge in [0.25, 0.3) is 5.91 Å². The van der Waals surface area contributed by atoms with Crippen LogP contribution in [0, 0.1) is 5.92 Å². The minimum atomic E-state index is -0.361. The van der Waals surface area contributed by atoms with Crippen molar-refractivity contribution in [3.8, 4) is 5.75 Å². The van der Waals surface area contributed by atoms with Gasteiger partial charge in [-0.1, -0.05) is 31.4 Å². The monoisotopic (exact) mass is 379 g/mol. The smallest absolute Gasteiger partial charge is 0.271 e. The van der Waals surface area contributed by atoms with E-state index in [1.165, 1.54) is 6.42 Å². The van der Waals surface area contributed by atoms with Crippen LogP contribution in [0.2, 0.25) is 0 Å². The van der Waals surface area contributed by atoms with E-state index in [1.54, 1.807) is 55.5 Å². The van der Waals surface area contributed by atoms with Gasteiger partial charge in [-0.3, -0.25) is 9.59 Å². The molecule has 0 saturated heterocycles. The van der Waals surface area contributed by atoms with Crippen molar-refractivity contribution in [1.29, 1.82) is 0 Å². The molecule has 2 amide bonds. The van der Waals surface area contributed by atoms with Crippen molar-refractivity contribution in [2.45, 2.75) is 39.0 Å². The predicted octanol–water partition coefficient (Wildman–Crippen LogP) is 4.07. The Labute approximate surface area is 164 Å². The molecule has 1 saturated carbocycles. The van der Waals surface area contributed by atoms with Crippen LogP contribution < -0.4 is 10.7 Å². The highest BCUT2D eigenvalue weighted by molar-refractivity contribution is 6.02. The number of amides is 2. The maximum Gasteiger partial charge on any atom is 0.271 e. The number of nitrogens with zero attached hydrogens (tertiary/aromatic N) is 1. The third kappa shape index (κ3) is 4.97. The second kappa shape index (κ2) is 9.17. The summed E-state index contributed by atoms with van der Waals surface area (Å²) in [6.45, 7) is 1.71. The average Bonchev–Trinajstić information content (AvgIpc) is 2.73. The molecule has 146 valence electrons. The van der Waals surface area contributed by atoms with Crippen molar-refractivity contribution in [3.63, 3.8) is 0 Å². The lowest BCUT2D eigenvalue weighted by molar-refractivity contribution is -0.120. The van der Waals surface area contributed by atoms with Crippen LogP contribution in [0.4, 0.5) is 5.69 Å². The Morgan fingerprint density at radius 2 is 1.68 bits per heavy atom. The van der Waals surface area contributed by atoms with E-state index >= 15 is 0 Å². The topological polar surface area (TPSA) is 90.8 Å². The molecule has 0 aliphatic heterocycles. The highest BCUT2D eigenvalue weighted by Crippen LogP contribution is 2.25. The second-order valence-electron chi connectivity index (χ2n) is 7.06. The molecule has 0 radical (unpaired) electrons. The molecule has 1 aliphatic rings. The third-order valence-electron chi connectivity index (χ3n) is 5.01. The van der Waals surface area contributed by atoms with E-state index in [4.69, 9.17) is 0 Å². The maximum atomic E-state index is 12.3. The lowest BCUT2D eigenvalue weighted by Gasteiger charge is -2.20. The van der Waals surface area contributed by atoms with Crippen molar-refractivity contribution in [2.24, 2.45) is 11.0 Å². The molecule has 0 aromatic heterocycles. The first-order valence-electron chi connectivity index (χ1n) is 9.58. The number of hydrazone groups is 1. The predicted molar refractivity (Wildman–Crippen MR) is 109 cm³/mol. The van der Waals surface area contributed by atoms with Crippen LogP contribution in [0.1, 0.15) is 54.9 Å². The van der Waals surface area contributed by atoms with E-state index < -0.39 is 0 Å². The molecular formula is C22H25N3O3. The van der Waals surface area contributed by atoms with Crippen molar-refractivity contribution in [1.82, 2.24) is 5.43 Å². The SMILES string of the molecule is C/C(=N\NC(=O)c1ccc(NC(=O)C2CCCCC2)cc1)c1ccccc1O. The van der Waals surface area contributed by atoms with Crippen LogP contribution in [0.3, 0.4) is 0 Å². The summed E-state index contributed by atoms with van der Waals surface area (Å²) in [5.74, 6) is -0.112. The molecule has 2 aromatic rings. The van der Waals surface area contributed by atoms with Crippen LogP contribution in [0.5, 0.6) is 5.75 Å². The normalized spacial score (nSPS) is 15.1. The van der Waals surface area contributed by atoms with E-state index in [-0.39, 0.29) is 23.5 Å². The quantitative estimate of drug-likeness (QED) is 0.540. The summed E-state index contributed by atoms with van der Waals surface area (Å²) in [4.78, 5) is 24.6. The Balaban J connectivity index is 1.58. The van der Waals surface area contributed by atoms with Gasteiger partial charge in [-0.15, -0.1) is 0 Å². The molecule has 28 heavy (non-hydrogen) atoms. The first-order chi connectivity index (χ1) is 13.5. The molecule has 0 atom stereocenters. The number of carbonyl (C=O) groups excluding carboxylic acids is 2. The van der Waals surface area contributed by atoms with Gasteiger partial charge in [0.05, 0.1) is 5.71 Å². The van der Waals surface area contributed by atoms with Gasteiger partial charge in [-0.2, -0.15) is 5.10 Å². The Kier molecular flexibility index (Phi) is 6.42. The van der Waals surface area contributed by atoms with Crippen LogP contribution >= 0.6 is 0 Å². The minimum Gasteiger partial charge on any atom is -0.507 e. The molecule has 0 heterocycles. The van der Waals surface area contributed by atoms with Crippen molar-refractivity contribution < 1.29 is 14.7 Å². The number of carbonyl (C=O) groups is 2. The number of hydrogen-bond donors (Lipinski definition) is 3. The molecule has 1 aliphatic carbocycles. The van der Waals surface area contributed by atoms with E-state index in [2.05, 4.69) is 15.8 Å². The Morgan fingerprint density at radius 1 is 1.00 bits per heavy atom. The summed E-state index contributed by atoms with van der Waals surface area (Å²) in [6, 6.07) is 13.5. The zero-order chi connectivity index (χ0) is 19.9. The van der Waals surface area contributed by atoms with E-state index in [9.17, 15) is 14.7 Å². The number of anilines is 1. The molecule has 0 bridgehead atoms. The van der Waals surface area contributed by atoms with Gasteiger partial charge in [0.1, 0.15) is 5.75 Å². The molecule has 3 N–H and O–H groups in total. The van der Waals surface area contributed by atoms with Gasteiger partial charge in [-0.25, -0.2) is 5.43 Å². The Bertz CT molecular complexity index is 869. The van der Waals surface area contributed by atoms with Gasteiger partial charge in [0.2, 0.25) is 5.91 Å². The molecule has 0 spiro atoms. The van der Waals surface area contributed by atoms with Gasteiger partial charge >= 0.3 is 0 Å². The lowest BCUT2D eigenvalue weighted by atomic mass is 9.88. The maximum absolute atomic E-state index is 12.3. The third-order valence-corrected chi connectivity index (χ3v) is 5.01. The number of nitrogens with one attached hydrogen (secondary N) is 2. The summed E-state index contributed by atoms with van der Waals surface area (Å²) >= 11 is 0. The number of phenols is 1. The fraction of sp³-hybridized carbons (Fsp3) is 0.318. The lowest BCUT2D eigenvalue weighted by Crippen LogP contribution is -2.24. The zero-order valence-corrected chi connectivity index (χ0v) is 15.9. The summed E-state index contributed by atoms with van der Waals surface area (Å²) in [5.41, 5.74) is 4.66. The molecule has 6 heteroatoms. The molecule has 2 aromatic carbocycles. The number of rotatable bonds is 5. The number of benzene rings is 2. The van der Waals surface area contributed by atoms with Crippen LogP contribution in [0.25, 0.3) is 0 Å². The van der Waals surface area contributed by atoms with Crippen LogP contribution in [0.15, 0.2) is 53.6 Å². The number of para-hydroxylation sites is 1. The van der Waals surface area contributed by atoms with Crippen LogP contribution in [-0.2, 0) is 4.79 Å². The summed E-state index contributed by atoms with van der Waals surface area (Å²) in [5, 5.41) is 16.8. The van der Waals surface area contributed by atoms with Gasteiger partial charge in [-0.05, 0) is 56.2 Å². The number of aromatic hydroxyl groups is 1. The summed E-state index contributed by atoms with van der Waals surface area (Å²) in [7, 11) is 0. The highest BCUT2D eigenvalue weighted by atomic mass is 16.3. The molecule has 0 unspecified atom stereocenters.